The van der Waals surface area contributed by atoms with Crippen LogP contribution >= 0.6 is 11.5 Å². The number of esters is 1. The van der Waals surface area contributed by atoms with Crippen LogP contribution in [-0.4, -0.2) is 50.0 Å². The van der Waals surface area contributed by atoms with Crippen molar-refractivity contribution in [1.82, 2.24) is 4.37 Å². The van der Waals surface area contributed by atoms with Gasteiger partial charge in [0.15, 0.2) is 0 Å². The van der Waals surface area contributed by atoms with Gasteiger partial charge < -0.3 is 18.9 Å². The highest BCUT2D eigenvalue weighted by molar-refractivity contribution is 7.13. The van der Waals surface area contributed by atoms with Crippen LogP contribution in [0.25, 0.3) is 10.1 Å². The Morgan fingerprint density at radius 1 is 1.20 bits per heavy atom. The summed E-state index contributed by atoms with van der Waals surface area (Å²) < 4.78 is 27.9. The third-order valence-electron chi connectivity index (χ3n) is 4.36. The van der Waals surface area contributed by atoms with Gasteiger partial charge in [0.1, 0.15) is 12.0 Å². The molecule has 2 heterocycles. The lowest BCUT2D eigenvalue weighted by atomic mass is 9.82. The van der Waals surface area contributed by atoms with Gasteiger partial charge in [-0.2, -0.15) is 4.37 Å². The minimum absolute atomic E-state index is 0.201. The number of rotatable bonds is 5. The molecular formula is C18H23NO5S. The van der Waals surface area contributed by atoms with E-state index in [-0.39, 0.29) is 12.6 Å². The third kappa shape index (κ3) is 4.29. The van der Waals surface area contributed by atoms with E-state index < -0.39 is 5.41 Å². The number of ether oxygens (including phenoxy) is 4. The van der Waals surface area contributed by atoms with Crippen molar-refractivity contribution in [3.05, 3.63) is 24.3 Å². The summed E-state index contributed by atoms with van der Waals surface area (Å²) in [4.78, 5) is 12.7. The molecule has 1 aromatic heterocycles. The van der Waals surface area contributed by atoms with Gasteiger partial charge in [-0.25, -0.2) is 0 Å². The lowest BCUT2D eigenvalue weighted by molar-refractivity contribution is -0.160. The van der Waals surface area contributed by atoms with Gasteiger partial charge in [-0.1, -0.05) is 12.1 Å². The molecule has 1 aliphatic heterocycles. The molecule has 0 N–H and O–H groups in total. The van der Waals surface area contributed by atoms with Crippen molar-refractivity contribution in [2.75, 3.05) is 39.6 Å². The normalized spacial score (nSPS) is 18.1. The molecule has 25 heavy (non-hydrogen) atoms. The van der Waals surface area contributed by atoms with Crippen LogP contribution in [0, 0.1) is 5.41 Å². The van der Waals surface area contributed by atoms with Crippen LogP contribution < -0.4 is 4.74 Å². The molecule has 2 aromatic rings. The predicted octanol–water partition coefficient (Wildman–Crippen LogP) is 3.05. The maximum absolute atomic E-state index is 12.7. The van der Waals surface area contributed by atoms with Gasteiger partial charge >= 0.3 is 5.97 Å². The molecule has 7 heteroatoms. The average molecular weight is 365 g/mol. The Bertz CT molecular complexity index is 692. The van der Waals surface area contributed by atoms with Gasteiger partial charge in [-0.05, 0) is 43.4 Å². The van der Waals surface area contributed by atoms with Gasteiger partial charge in [0, 0.05) is 13.2 Å². The fourth-order valence-corrected chi connectivity index (χ4v) is 3.57. The second kappa shape index (κ2) is 8.60. The molecule has 6 nitrogen and oxygen atoms in total. The Labute approximate surface area is 151 Å². The van der Waals surface area contributed by atoms with E-state index in [0.717, 1.165) is 10.1 Å². The Hall–Kier alpha value is -1.70. The van der Waals surface area contributed by atoms with Crippen molar-refractivity contribution in [2.24, 2.45) is 5.41 Å². The molecule has 1 saturated heterocycles. The first-order valence-corrected chi connectivity index (χ1v) is 9.32. The zero-order chi connectivity index (χ0) is 17.5. The van der Waals surface area contributed by atoms with Crippen molar-refractivity contribution < 1.29 is 23.7 Å². The molecule has 1 aromatic carbocycles. The molecule has 0 bridgehead atoms. The van der Waals surface area contributed by atoms with Crippen LogP contribution in [0.3, 0.4) is 0 Å². The number of aromatic nitrogens is 1. The summed E-state index contributed by atoms with van der Waals surface area (Å²) in [5.41, 5.74) is -0.787. The molecule has 0 aliphatic carbocycles. The van der Waals surface area contributed by atoms with E-state index in [1.54, 1.807) is 0 Å². The second-order valence-electron chi connectivity index (χ2n) is 6.00. The van der Waals surface area contributed by atoms with Crippen molar-refractivity contribution in [2.45, 2.75) is 19.8 Å². The SMILES string of the molecule is CCOC(=O)C1(COc2nsc3ccccc23)CCOCCOCC1. The quantitative estimate of drug-likeness (QED) is 0.759. The Morgan fingerprint density at radius 3 is 2.64 bits per heavy atom. The highest BCUT2D eigenvalue weighted by Crippen LogP contribution is 2.34. The van der Waals surface area contributed by atoms with E-state index in [0.29, 0.717) is 51.8 Å². The van der Waals surface area contributed by atoms with E-state index in [4.69, 9.17) is 18.9 Å². The van der Waals surface area contributed by atoms with Crippen LogP contribution in [0.2, 0.25) is 0 Å². The monoisotopic (exact) mass is 365 g/mol. The fourth-order valence-electron chi connectivity index (χ4n) is 2.85. The molecular weight excluding hydrogens is 342 g/mol. The predicted molar refractivity (Wildman–Crippen MR) is 95.1 cm³/mol. The van der Waals surface area contributed by atoms with Crippen molar-refractivity contribution in [1.29, 1.82) is 0 Å². The fraction of sp³-hybridized carbons (Fsp3) is 0.556. The summed E-state index contributed by atoms with van der Waals surface area (Å²) in [5.74, 6) is 0.301. The molecule has 136 valence electrons. The largest absolute Gasteiger partial charge is 0.475 e. The van der Waals surface area contributed by atoms with E-state index in [2.05, 4.69) is 4.37 Å². The second-order valence-corrected chi connectivity index (χ2v) is 6.80. The first kappa shape index (κ1) is 18.1. The minimum atomic E-state index is -0.787. The minimum Gasteiger partial charge on any atom is -0.475 e. The van der Waals surface area contributed by atoms with E-state index in [1.807, 2.05) is 31.2 Å². The first-order chi connectivity index (χ1) is 12.2. The van der Waals surface area contributed by atoms with Crippen molar-refractivity contribution >= 4 is 27.6 Å². The summed E-state index contributed by atoms with van der Waals surface area (Å²) in [5, 5.41) is 0.960. The number of carbonyl (C=O) groups excluding carboxylic acids is 1. The van der Waals surface area contributed by atoms with Crippen LogP contribution in [0.1, 0.15) is 19.8 Å². The molecule has 0 spiro atoms. The number of hydrogen-bond acceptors (Lipinski definition) is 7. The lowest BCUT2D eigenvalue weighted by Gasteiger charge is -2.30. The molecule has 0 atom stereocenters. The molecule has 0 amide bonds. The van der Waals surface area contributed by atoms with E-state index >= 15 is 0 Å². The number of hydrogen-bond donors (Lipinski definition) is 0. The van der Waals surface area contributed by atoms with Crippen LogP contribution in [0.5, 0.6) is 5.88 Å². The summed E-state index contributed by atoms with van der Waals surface area (Å²) in [6.07, 6.45) is 1.08. The molecule has 0 radical (unpaired) electrons. The van der Waals surface area contributed by atoms with Gasteiger partial charge in [0.2, 0.25) is 5.88 Å². The summed E-state index contributed by atoms with van der Waals surface area (Å²) in [6.45, 7) is 4.37. The summed E-state index contributed by atoms with van der Waals surface area (Å²) in [7, 11) is 0. The molecule has 0 unspecified atom stereocenters. The number of benzene rings is 1. The molecule has 0 saturated carbocycles. The topological polar surface area (TPSA) is 66.9 Å². The van der Waals surface area contributed by atoms with E-state index in [9.17, 15) is 4.79 Å². The Morgan fingerprint density at radius 2 is 1.92 bits per heavy atom. The smallest absolute Gasteiger partial charge is 0.315 e. The van der Waals surface area contributed by atoms with Gasteiger partial charge in [-0.15, -0.1) is 0 Å². The van der Waals surface area contributed by atoms with Crippen LogP contribution in [0.4, 0.5) is 0 Å². The highest BCUT2D eigenvalue weighted by Gasteiger charge is 2.41. The Kier molecular flexibility index (Phi) is 6.23. The maximum atomic E-state index is 12.7. The first-order valence-electron chi connectivity index (χ1n) is 8.55. The van der Waals surface area contributed by atoms with E-state index in [1.165, 1.54) is 11.5 Å². The lowest BCUT2D eigenvalue weighted by Crippen LogP contribution is -2.40. The maximum Gasteiger partial charge on any atom is 0.315 e. The number of nitrogens with zero attached hydrogens (tertiary/aromatic N) is 1. The highest BCUT2D eigenvalue weighted by atomic mass is 32.1. The van der Waals surface area contributed by atoms with Gasteiger partial charge in [0.25, 0.3) is 0 Å². The van der Waals surface area contributed by atoms with Gasteiger partial charge in [0.05, 0.1) is 29.9 Å². The van der Waals surface area contributed by atoms with Crippen LogP contribution in [-0.2, 0) is 19.0 Å². The standard InChI is InChI=1S/C18H23NO5S/c1-2-23-17(20)18(7-9-21-11-12-22-10-8-18)13-24-16-14-5-3-4-6-15(14)25-19-16/h3-6H,2,7-13H2,1H3. The number of carbonyl (C=O) groups is 1. The van der Waals surface area contributed by atoms with Crippen molar-refractivity contribution in [3.63, 3.8) is 0 Å². The summed E-state index contributed by atoms with van der Waals surface area (Å²) >= 11 is 1.39. The molecule has 1 aliphatic rings. The summed E-state index contributed by atoms with van der Waals surface area (Å²) in [6, 6.07) is 7.90. The Balaban J connectivity index is 1.79. The zero-order valence-electron chi connectivity index (χ0n) is 14.4. The average Bonchev–Trinajstić information content (AvgIpc) is 3.08. The molecule has 3 rings (SSSR count). The number of fused-ring (bicyclic) bond motifs is 1. The third-order valence-corrected chi connectivity index (χ3v) is 5.17. The zero-order valence-corrected chi connectivity index (χ0v) is 15.2. The van der Waals surface area contributed by atoms with Gasteiger partial charge in [-0.3, -0.25) is 4.79 Å². The molecule has 1 fully saturated rings. The van der Waals surface area contributed by atoms with Crippen molar-refractivity contribution in [3.8, 4) is 5.88 Å². The van der Waals surface area contributed by atoms with Crippen LogP contribution in [0.15, 0.2) is 24.3 Å².